The summed E-state index contributed by atoms with van der Waals surface area (Å²) in [7, 11) is 3.31. The summed E-state index contributed by atoms with van der Waals surface area (Å²) in [6.45, 7) is 4.44. The van der Waals surface area contributed by atoms with Crippen LogP contribution in [0.5, 0.6) is 11.5 Å². The zero-order valence-corrected chi connectivity index (χ0v) is 12.4. The van der Waals surface area contributed by atoms with Gasteiger partial charge in [0.25, 0.3) is 0 Å². The SMILES string of the molecule is CCC(=O)O.COc1cc2c(cc1OC)C(C)OCC2. The van der Waals surface area contributed by atoms with E-state index in [9.17, 15) is 4.79 Å². The Balaban J connectivity index is 0.000000347. The maximum Gasteiger partial charge on any atom is 0.303 e. The van der Waals surface area contributed by atoms with Crippen LogP contribution in [0.3, 0.4) is 0 Å². The molecule has 1 heterocycles. The summed E-state index contributed by atoms with van der Waals surface area (Å²) < 4.78 is 16.1. The van der Waals surface area contributed by atoms with Crippen LogP contribution in [-0.4, -0.2) is 31.9 Å². The van der Waals surface area contributed by atoms with Crippen LogP contribution in [-0.2, 0) is 16.0 Å². The molecule has 1 unspecified atom stereocenters. The molecule has 1 aliphatic rings. The minimum absolute atomic E-state index is 0.147. The molecular formula is C15H22O5. The van der Waals surface area contributed by atoms with Gasteiger partial charge in [-0.15, -0.1) is 0 Å². The van der Waals surface area contributed by atoms with Gasteiger partial charge in [-0.1, -0.05) is 6.92 Å². The van der Waals surface area contributed by atoms with Crippen LogP contribution in [0.4, 0.5) is 0 Å². The second kappa shape index (κ2) is 7.75. The monoisotopic (exact) mass is 282 g/mol. The lowest BCUT2D eigenvalue weighted by atomic mass is 9.97. The van der Waals surface area contributed by atoms with E-state index < -0.39 is 5.97 Å². The lowest BCUT2D eigenvalue weighted by Gasteiger charge is -2.24. The summed E-state index contributed by atoms with van der Waals surface area (Å²) >= 11 is 0. The molecule has 0 aromatic heterocycles. The summed E-state index contributed by atoms with van der Waals surface area (Å²) in [4.78, 5) is 9.37. The van der Waals surface area contributed by atoms with Crippen LogP contribution < -0.4 is 9.47 Å². The minimum Gasteiger partial charge on any atom is -0.493 e. The molecule has 1 aliphatic heterocycles. The average Bonchev–Trinajstić information content (AvgIpc) is 2.47. The molecule has 1 aromatic carbocycles. The number of aliphatic carboxylic acids is 1. The summed E-state index contributed by atoms with van der Waals surface area (Å²) in [6, 6.07) is 4.06. The molecule has 5 heteroatoms. The number of carboxylic acid groups (broad SMARTS) is 1. The summed E-state index contributed by atoms with van der Waals surface area (Å²) in [5, 5.41) is 7.72. The molecule has 0 amide bonds. The number of methoxy groups -OCH3 is 2. The quantitative estimate of drug-likeness (QED) is 0.923. The molecule has 0 spiro atoms. The number of ether oxygens (including phenoxy) is 3. The highest BCUT2D eigenvalue weighted by atomic mass is 16.5. The maximum atomic E-state index is 9.37. The van der Waals surface area contributed by atoms with Gasteiger partial charge in [-0.3, -0.25) is 4.79 Å². The highest BCUT2D eigenvalue weighted by Gasteiger charge is 2.19. The van der Waals surface area contributed by atoms with E-state index in [2.05, 4.69) is 6.92 Å². The molecule has 1 aromatic rings. The largest absolute Gasteiger partial charge is 0.493 e. The summed E-state index contributed by atoms with van der Waals surface area (Å²) in [5.41, 5.74) is 2.50. The van der Waals surface area contributed by atoms with Crippen molar-refractivity contribution in [2.75, 3.05) is 20.8 Å². The fourth-order valence-electron chi connectivity index (χ4n) is 1.97. The van der Waals surface area contributed by atoms with E-state index in [1.54, 1.807) is 21.1 Å². The zero-order chi connectivity index (χ0) is 15.1. The van der Waals surface area contributed by atoms with Gasteiger partial charge in [-0.25, -0.2) is 0 Å². The molecule has 0 aliphatic carbocycles. The first-order valence-electron chi connectivity index (χ1n) is 6.61. The number of hydrogen-bond donors (Lipinski definition) is 1. The minimum atomic E-state index is -0.745. The van der Waals surface area contributed by atoms with Crippen LogP contribution in [0.15, 0.2) is 12.1 Å². The maximum absolute atomic E-state index is 9.37. The number of hydrogen-bond acceptors (Lipinski definition) is 4. The molecule has 0 fully saturated rings. The summed E-state index contributed by atoms with van der Waals surface area (Å²) in [5.74, 6) is 0.823. The molecule has 0 saturated heterocycles. The first-order valence-corrected chi connectivity index (χ1v) is 6.61. The van der Waals surface area contributed by atoms with Gasteiger partial charge >= 0.3 is 5.97 Å². The Labute approximate surface area is 119 Å². The van der Waals surface area contributed by atoms with Gasteiger partial charge in [0.1, 0.15) is 0 Å². The molecule has 2 rings (SSSR count). The Hall–Kier alpha value is -1.75. The highest BCUT2D eigenvalue weighted by molar-refractivity contribution is 5.66. The standard InChI is InChI=1S/C12H16O3.C3H6O2/c1-8-10-7-12(14-3)11(13-2)6-9(10)4-5-15-8;1-2-3(4)5/h6-8H,4-5H2,1-3H3;2H2,1H3,(H,4,5). The van der Waals surface area contributed by atoms with Gasteiger partial charge in [0.05, 0.1) is 26.9 Å². The van der Waals surface area contributed by atoms with Gasteiger partial charge in [0, 0.05) is 6.42 Å². The predicted molar refractivity (Wildman–Crippen MR) is 75.5 cm³/mol. The van der Waals surface area contributed by atoms with Crippen molar-refractivity contribution >= 4 is 5.97 Å². The average molecular weight is 282 g/mol. The van der Waals surface area contributed by atoms with Gasteiger partial charge < -0.3 is 19.3 Å². The van der Waals surface area contributed by atoms with Crippen LogP contribution >= 0.6 is 0 Å². The second-order valence-corrected chi connectivity index (χ2v) is 4.42. The first kappa shape index (κ1) is 16.3. The van der Waals surface area contributed by atoms with Crippen molar-refractivity contribution in [3.63, 3.8) is 0 Å². The van der Waals surface area contributed by atoms with E-state index in [-0.39, 0.29) is 12.5 Å². The van der Waals surface area contributed by atoms with Crippen molar-refractivity contribution in [1.82, 2.24) is 0 Å². The predicted octanol–water partition coefficient (Wildman–Crippen LogP) is 2.82. The summed E-state index contributed by atoms with van der Waals surface area (Å²) in [6.07, 6.45) is 1.31. The van der Waals surface area contributed by atoms with E-state index in [1.807, 2.05) is 12.1 Å². The van der Waals surface area contributed by atoms with Crippen LogP contribution in [0.1, 0.15) is 37.5 Å². The Morgan fingerprint density at radius 1 is 1.35 bits per heavy atom. The third kappa shape index (κ3) is 4.13. The van der Waals surface area contributed by atoms with Crippen molar-refractivity contribution in [1.29, 1.82) is 0 Å². The normalized spacial score (nSPS) is 16.5. The van der Waals surface area contributed by atoms with Crippen molar-refractivity contribution < 1.29 is 24.1 Å². The Bertz CT molecular complexity index is 456. The molecule has 1 N–H and O–H groups in total. The van der Waals surface area contributed by atoms with Crippen molar-refractivity contribution in [3.05, 3.63) is 23.3 Å². The highest BCUT2D eigenvalue weighted by Crippen LogP contribution is 2.36. The van der Waals surface area contributed by atoms with Gasteiger partial charge in [-0.2, -0.15) is 0 Å². The van der Waals surface area contributed by atoms with Gasteiger partial charge in [0.2, 0.25) is 0 Å². The lowest BCUT2D eigenvalue weighted by Crippen LogP contribution is -2.14. The number of fused-ring (bicyclic) bond motifs is 1. The number of rotatable bonds is 3. The molecule has 0 radical (unpaired) electrons. The molecule has 0 saturated carbocycles. The topological polar surface area (TPSA) is 65.0 Å². The Morgan fingerprint density at radius 3 is 2.40 bits per heavy atom. The lowest BCUT2D eigenvalue weighted by molar-refractivity contribution is -0.136. The van der Waals surface area contributed by atoms with E-state index in [0.29, 0.717) is 0 Å². The van der Waals surface area contributed by atoms with Crippen molar-refractivity contribution in [3.8, 4) is 11.5 Å². The van der Waals surface area contributed by atoms with E-state index in [1.165, 1.54) is 11.1 Å². The smallest absolute Gasteiger partial charge is 0.303 e. The Morgan fingerprint density at radius 2 is 1.90 bits per heavy atom. The number of carboxylic acids is 1. The molecule has 1 atom stereocenters. The number of benzene rings is 1. The van der Waals surface area contributed by atoms with E-state index in [0.717, 1.165) is 24.5 Å². The van der Waals surface area contributed by atoms with Crippen LogP contribution in [0.25, 0.3) is 0 Å². The first-order chi connectivity index (χ1) is 9.53. The molecule has 20 heavy (non-hydrogen) atoms. The fourth-order valence-corrected chi connectivity index (χ4v) is 1.97. The Kier molecular flexibility index (Phi) is 6.31. The van der Waals surface area contributed by atoms with E-state index >= 15 is 0 Å². The van der Waals surface area contributed by atoms with Crippen LogP contribution in [0.2, 0.25) is 0 Å². The zero-order valence-electron chi connectivity index (χ0n) is 12.4. The van der Waals surface area contributed by atoms with Gasteiger partial charge in [0.15, 0.2) is 11.5 Å². The van der Waals surface area contributed by atoms with Crippen LogP contribution in [0, 0.1) is 0 Å². The third-order valence-corrected chi connectivity index (χ3v) is 3.13. The van der Waals surface area contributed by atoms with E-state index in [4.69, 9.17) is 19.3 Å². The molecule has 112 valence electrons. The molecule has 0 bridgehead atoms. The van der Waals surface area contributed by atoms with Gasteiger partial charge in [-0.05, 0) is 36.6 Å². The number of carbonyl (C=O) groups is 1. The molecular weight excluding hydrogens is 260 g/mol. The third-order valence-electron chi connectivity index (χ3n) is 3.13. The van der Waals surface area contributed by atoms with Crippen molar-refractivity contribution in [2.24, 2.45) is 0 Å². The molecule has 5 nitrogen and oxygen atoms in total. The second-order valence-electron chi connectivity index (χ2n) is 4.42. The van der Waals surface area contributed by atoms with Crippen molar-refractivity contribution in [2.45, 2.75) is 32.8 Å². The fraction of sp³-hybridized carbons (Fsp3) is 0.533.